The summed E-state index contributed by atoms with van der Waals surface area (Å²) in [5, 5.41) is 7.35. The van der Waals surface area contributed by atoms with E-state index in [1.54, 1.807) is 24.5 Å². The van der Waals surface area contributed by atoms with Crippen LogP contribution in [-0.4, -0.2) is 25.7 Å². The van der Waals surface area contributed by atoms with E-state index < -0.39 is 0 Å². The van der Waals surface area contributed by atoms with Gasteiger partial charge in [0.05, 0.1) is 12.0 Å². The fraction of sp³-hybridized carbons (Fsp3) is 0.368. The molecule has 0 radical (unpaired) electrons. The number of carbonyl (C=O) groups is 1. The predicted octanol–water partition coefficient (Wildman–Crippen LogP) is 2.69. The fourth-order valence-electron chi connectivity index (χ4n) is 3.14. The first-order valence-electron chi connectivity index (χ1n) is 9.10. The Hall–Kier alpha value is -3.16. The number of amides is 1. The summed E-state index contributed by atoms with van der Waals surface area (Å²) in [7, 11) is 0. The van der Waals surface area contributed by atoms with Gasteiger partial charge < -0.3 is 9.73 Å². The van der Waals surface area contributed by atoms with Crippen molar-refractivity contribution in [3.63, 3.8) is 0 Å². The second-order valence-electron chi connectivity index (χ2n) is 6.97. The van der Waals surface area contributed by atoms with Crippen molar-refractivity contribution in [1.82, 2.24) is 19.7 Å². The van der Waals surface area contributed by atoms with Crippen molar-refractivity contribution >= 4 is 11.7 Å². The number of anilines is 1. The van der Waals surface area contributed by atoms with Crippen molar-refractivity contribution in [1.29, 1.82) is 0 Å². The summed E-state index contributed by atoms with van der Waals surface area (Å²) >= 11 is 0. The maximum Gasteiger partial charge on any atom is 0.255 e. The molecule has 0 bridgehead atoms. The van der Waals surface area contributed by atoms with Gasteiger partial charge in [-0.25, -0.2) is 4.98 Å². The summed E-state index contributed by atoms with van der Waals surface area (Å²) < 4.78 is 6.86. The molecule has 0 atom stereocenters. The van der Waals surface area contributed by atoms with Gasteiger partial charge in [-0.05, 0) is 37.8 Å². The van der Waals surface area contributed by atoms with Gasteiger partial charge in [0.1, 0.15) is 11.5 Å². The number of furan rings is 1. The van der Waals surface area contributed by atoms with E-state index in [1.807, 2.05) is 13.8 Å². The molecule has 0 saturated heterocycles. The molecule has 27 heavy (non-hydrogen) atoms. The van der Waals surface area contributed by atoms with E-state index in [0.717, 1.165) is 36.9 Å². The maximum absolute atomic E-state index is 12.5. The molecule has 4 rings (SSSR count). The lowest BCUT2D eigenvalue weighted by Crippen LogP contribution is -2.25. The molecule has 3 aromatic rings. The van der Waals surface area contributed by atoms with Crippen LogP contribution in [0, 0.1) is 5.92 Å². The highest BCUT2D eigenvalue weighted by Gasteiger charge is 2.21. The number of hydrogen-bond acceptors (Lipinski definition) is 5. The molecule has 0 saturated carbocycles. The van der Waals surface area contributed by atoms with E-state index in [1.165, 1.54) is 4.68 Å². The van der Waals surface area contributed by atoms with Crippen LogP contribution in [0.3, 0.4) is 0 Å². The monoisotopic (exact) mass is 367 g/mol. The number of hydrogen-bond donors (Lipinski definition) is 2. The lowest BCUT2D eigenvalue weighted by molar-refractivity contribution is -0.118. The normalized spacial score (nSPS) is 13.6. The minimum absolute atomic E-state index is 0.147. The van der Waals surface area contributed by atoms with E-state index in [2.05, 4.69) is 20.4 Å². The number of aromatic amines is 1. The Morgan fingerprint density at radius 1 is 1.33 bits per heavy atom. The molecule has 1 aliphatic carbocycles. The van der Waals surface area contributed by atoms with Gasteiger partial charge in [0.15, 0.2) is 5.76 Å². The van der Waals surface area contributed by atoms with Gasteiger partial charge >= 0.3 is 0 Å². The minimum atomic E-state index is -0.198. The molecule has 1 aliphatic rings. The SMILES string of the molecule is CC(C)C(=O)Nc1cc(-c2ccco2)nn1-c1nc2c(c(=O)[nH]1)CCCC2. The Morgan fingerprint density at radius 3 is 2.89 bits per heavy atom. The molecule has 0 aromatic carbocycles. The van der Waals surface area contributed by atoms with Crippen LogP contribution in [0.2, 0.25) is 0 Å². The quantitative estimate of drug-likeness (QED) is 0.737. The van der Waals surface area contributed by atoms with Crippen LogP contribution in [0.25, 0.3) is 17.4 Å². The van der Waals surface area contributed by atoms with Crippen molar-refractivity contribution in [2.24, 2.45) is 5.92 Å². The van der Waals surface area contributed by atoms with Crippen molar-refractivity contribution in [2.45, 2.75) is 39.5 Å². The molecule has 2 N–H and O–H groups in total. The summed E-state index contributed by atoms with van der Waals surface area (Å²) in [4.78, 5) is 32.1. The number of nitrogens with zero attached hydrogens (tertiary/aromatic N) is 3. The molecular weight excluding hydrogens is 346 g/mol. The molecule has 0 unspecified atom stereocenters. The third-order valence-electron chi connectivity index (χ3n) is 4.64. The summed E-state index contributed by atoms with van der Waals surface area (Å²) in [6, 6.07) is 5.25. The van der Waals surface area contributed by atoms with E-state index >= 15 is 0 Å². The fourth-order valence-corrected chi connectivity index (χ4v) is 3.14. The number of carbonyl (C=O) groups excluding carboxylic acids is 1. The molecule has 8 nitrogen and oxygen atoms in total. The van der Waals surface area contributed by atoms with Gasteiger partial charge in [0.2, 0.25) is 11.9 Å². The number of aromatic nitrogens is 4. The third kappa shape index (κ3) is 3.30. The lowest BCUT2D eigenvalue weighted by atomic mass is 9.97. The van der Waals surface area contributed by atoms with E-state index in [0.29, 0.717) is 17.3 Å². The molecule has 0 fully saturated rings. The molecule has 8 heteroatoms. The zero-order valence-electron chi connectivity index (χ0n) is 15.3. The highest BCUT2D eigenvalue weighted by atomic mass is 16.3. The topological polar surface area (TPSA) is 106 Å². The van der Waals surface area contributed by atoms with Crippen LogP contribution in [0.15, 0.2) is 33.7 Å². The van der Waals surface area contributed by atoms with Crippen LogP contribution in [0.5, 0.6) is 0 Å². The molecule has 0 spiro atoms. The number of rotatable bonds is 4. The Balaban J connectivity index is 1.82. The lowest BCUT2D eigenvalue weighted by Gasteiger charge is -2.15. The number of aryl methyl sites for hydroxylation is 1. The maximum atomic E-state index is 12.5. The van der Waals surface area contributed by atoms with Gasteiger partial charge in [-0.15, -0.1) is 0 Å². The number of nitrogens with one attached hydrogen (secondary N) is 2. The zero-order chi connectivity index (χ0) is 19.0. The van der Waals surface area contributed by atoms with E-state index in [4.69, 9.17) is 4.42 Å². The van der Waals surface area contributed by atoms with Gasteiger partial charge in [-0.1, -0.05) is 13.8 Å². The van der Waals surface area contributed by atoms with Crippen molar-refractivity contribution in [2.75, 3.05) is 5.32 Å². The van der Waals surface area contributed by atoms with E-state index in [9.17, 15) is 9.59 Å². The van der Waals surface area contributed by atoms with Crippen molar-refractivity contribution in [3.05, 3.63) is 46.1 Å². The Bertz CT molecular complexity index is 1030. The average Bonchev–Trinajstić information content (AvgIpc) is 3.31. The van der Waals surface area contributed by atoms with Crippen LogP contribution in [0.1, 0.15) is 37.9 Å². The van der Waals surface area contributed by atoms with Crippen LogP contribution in [-0.2, 0) is 17.6 Å². The third-order valence-corrected chi connectivity index (χ3v) is 4.64. The molecule has 140 valence electrons. The largest absolute Gasteiger partial charge is 0.463 e. The standard InChI is InChI=1S/C19H21N5O3/c1-11(2)17(25)21-16-10-14(15-8-5-9-27-15)23-24(16)19-20-13-7-4-3-6-12(13)18(26)22-19/h5,8-11H,3-4,6-7H2,1-2H3,(H,21,25)(H,20,22,26). The van der Waals surface area contributed by atoms with Crippen LogP contribution < -0.4 is 10.9 Å². The van der Waals surface area contributed by atoms with Gasteiger partial charge in [0.25, 0.3) is 5.56 Å². The first-order chi connectivity index (χ1) is 13.0. The summed E-state index contributed by atoms with van der Waals surface area (Å²) in [5.74, 6) is 0.934. The minimum Gasteiger partial charge on any atom is -0.463 e. The first-order valence-corrected chi connectivity index (χ1v) is 9.10. The smallest absolute Gasteiger partial charge is 0.255 e. The number of H-pyrrole nitrogens is 1. The zero-order valence-corrected chi connectivity index (χ0v) is 15.3. The molecule has 3 aromatic heterocycles. The highest BCUT2D eigenvalue weighted by molar-refractivity contribution is 5.92. The van der Waals surface area contributed by atoms with Gasteiger partial charge in [0, 0.05) is 17.5 Å². The molecule has 0 aliphatic heterocycles. The Kier molecular flexibility index (Phi) is 4.39. The second kappa shape index (κ2) is 6.86. The summed E-state index contributed by atoms with van der Waals surface area (Å²) in [5.41, 5.74) is 1.94. The van der Waals surface area contributed by atoms with Gasteiger partial charge in [-0.3, -0.25) is 14.6 Å². The Labute approximate surface area is 155 Å². The van der Waals surface area contributed by atoms with Crippen molar-refractivity contribution in [3.8, 4) is 17.4 Å². The van der Waals surface area contributed by atoms with Crippen LogP contribution in [0.4, 0.5) is 5.82 Å². The number of fused-ring (bicyclic) bond motifs is 1. The molecule has 1 amide bonds. The van der Waals surface area contributed by atoms with Crippen molar-refractivity contribution < 1.29 is 9.21 Å². The predicted molar refractivity (Wildman–Crippen MR) is 99.8 cm³/mol. The second-order valence-corrected chi connectivity index (χ2v) is 6.97. The molecular formula is C19H21N5O3. The van der Waals surface area contributed by atoms with Crippen LogP contribution >= 0.6 is 0 Å². The average molecular weight is 367 g/mol. The first kappa shape index (κ1) is 17.3. The van der Waals surface area contributed by atoms with Gasteiger partial charge in [-0.2, -0.15) is 9.78 Å². The van der Waals surface area contributed by atoms with E-state index in [-0.39, 0.29) is 23.3 Å². The molecule has 3 heterocycles. The Morgan fingerprint density at radius 2 is 2.15 bits per heavy atom. The highest BCUT2D eigenvalue weighted by Crippen LogP contribution is 2.25. The summed E-state index contributed by atoms with van der Waals surface area (Å²) in [6.45, 7) is 3.62. The summed E-state index contributed by atoms with van der Waals surface area (Å²) in [6.07, 6.45) is 5.07.